The van der Waals surface area contributed by atoms with Gasteiger partial charge in [0, 0.05) is 42.4 Å². The molecule has 2 aliphatic rings. The van der Waals surface area contributed by atoms with Crippen molar-refractivity contribution in [2.75, 3.05) is 19.6 Å². The molecule has 2 N–H and O–H groups in total. The smallest absolute Gasteiger partial charge is 0.246 e. The first kappa shape index (κ1) is 18.0. The van der Waals surface area contributed by atoms with Crippen LogP contribution in [0, 0.1) is 6.92 Å². The number of phenolic OH excluding ortho intramolecular Hbond substituents is 1. The molecule has 0 radical (unpaired) electrons. The van der Waals surface area contributed by atoms with Crippen molar-refractivity contribution >= 4 is 23.2 Å². The van der Waals surface area contributed by atoms with E-state index in [9.17, 15) is 14.7 Å². The zero-order chi connectivity index (χ0) is 19.0. The number of nitrogens with one attached hydrogen (secondary N) is 1. The van der Waals surface area contributed by atoms with E-state index in [4.69, 9.17) is 0 Å². The van der Waals surface area contributed by atoms with Gasteiger partial charge in [-0.3, -0.25) is 14.5 Å². The van der Waals surface area contributed by atoms with E-state index < -0.39 is 12.1 Å². The maximum absolute atomic E-state index is 12.9. The number of phenols is 1. The summed E-state index contributed by atoms with van der Waals surface area (Å²) in [6.07, 6.45) is 0.437. The molecule has 2 saturated heterocycles. The van der Waals surface area contributed by atoms with Crippen molar-refractivity contribution in [2.24, 2.45) is 0 Å². The molecule has 0 saturated carbocycles. The van der Waals surface area contributed by atoms with Gasteiger partial charge in [-0.15, -0.1) is 11.3 Å². The third kappa shape index (κ3) is 3.84. The van der Waals surface area contributed by atoms with Crippen LogP contribution in [-0.4, -0.2) is 58.4 Å². The number of carbonyl (C=O) groups excluding carboxylic acids is 2. The summed E-state index contributed by atoms with van der Waals surface area (Å²) in [5.74, 6) is 0.0969. The van der Waals surface area contributed by atoms with Crippen LogP contribution in [0.15, 0.2) is 36.4 Å². The fourth-order valence-electron chi connectivity index (χ4n) is 3.80. The molecule has 142 valence electrons. The van der Waals surface area contributed by atoms with E-state index in [2.05, 4.69) is 29.3 Å². The van der Waals surface area contributed by atoms with Crippen molar-refractivity contribution in [3.8, 4) is 5.75 Å². The fourth-order valence-corrected chi connectivity index (χ4v) is 4.73. The van der Waals surface area contributed by atoms with Crippen LogP contribution in [0.3, 0.4) is 0 Å². The normalized spacial score (nSPS) is 23.2. The molecule has 0 aliphatic carbocycles. The number of aromatic hydroxyl groups is 1. The molecule has 2 aromatic rings. The van der Waals surface area contributed by atoms with Crippen LogP contribution in [-0.2, 0) is 22.6 Å². The van der Waals surface area contributed by atoms with Gasteiger partial charge in [-0.1, -0.05) is 12.1 Å². The lowest BCUT2D eigenvalue weighted by atomic mass is 9.98. The monoisotopic (exact) mass is 385 g/mol. The van der Waals surface area contributed by atoms with E-state index in [1.165, 1.54) is 9.75 Å². The molecule has 3 heterocycles. The van der Waals surface area contributed by atoms with Gasteiger partial charge in [-0.25, -0.2) is 0 Å². The summed E-state index contributed by atoms with van der Waals surface area (Å²) < 4.78 is 0. The zero-order valence-electron chi connectivity index (χ0n) is 15.2. The summed E-state index contributed by atoms with van der Waals surface area (Å²) >= 11 is 1.77. The second-order valence-corrected chi connectivity index (χ2v) is 8.60. The maximum atomic E-state index is 12.9. The molecule has 1 aromatic carbocycles. The number of rotatable bonds is 4. The summed E-state index contributed by atoms with van der Waals surface area (Å²) in [6, 6.07) is 10.0. The van der Waals surface area contributed by atoms with Crippen LogP contribution >= 0.6 is 11.3 Å². The number of thiophene rings is 1. The summed E-state index contributed by atoms with van der Waals surface area (Å²) in [5.41, 5.74) is 0.914. The molecule has 1 aromatic heterocycles. The third-order valence-electron chi connectivity index (χ3n) is 5.22. The van der Waals surface area contributed by atoms with Crippen LogP contribution in [0.4, 0.5) is 0 Å². The molecular formula is C20H23N3O3S. The molecule has 6 nitrogen and oxygen atoms in total. The minimum absolute atomic E-state index is 0.0145. The summed E-state index contributed by atoms with van der Waals surface area (Å²) in [4.78, 5) is 32.1. The highest BCUT2D eigenvalue weighted by atomic mass is 32.1. The van der Waals surface area contributed by atoms with Gasteiger partial charge >= 0.3 is 0 Å². The standard InChI is InChI=1S/C20H23N3O3S/c1-13-2-7-16(27-13)11-22-8-9-23-18(12-22)19(25)21-17(20(23)26)10-14-3-5-15(24)6-4-14/h2-7,17-18,24H,8-12H2,1H3,(H,21,25)/t17-,18+/m0/s1. The topological polar surface area (TPSA) is 72.9 Å². The van der Waals surface area contributed by atoms with Crippen LogP contribution < -0.4 is 5.32 Å². The lowest BCUT2D eigenvalue weighted by Gasteiger charge is -2.45. The van der Waals surface area contributed by atoms with Crippen molar-refractivity contribution in [2.45, 2.75) is 32.0 Å². The highest BCUT2D eigenvalue weighted by molar-refractivity contribution is 7.11. The molecule has 2 fully saturated rings. The van der Waals surface area contributed by atoms with Crippen molar-refractivity contribution in [1.82, 2.24) is 15.1 Å². The Balaban J connectivity index is 1.41. The quantitative estimate of drug-likeness (QED) is 0.837. The lowest BCUT2D eigenvalue weighted by Crippen LogP contribution is -2.69. The van der Waals surface area contributed by atoms with Gasteiger partial charge in [0.25, 0.3) is 0 Å². The molecular weight excluding hydrogens is 362 g/mol. The van der Waals surface area contributed by atoms with Gasteiger partial charge in [0.05, 0.1) is 0 Å². The first-order valence-electron chi connectivity index (χ1n) is 9.16. The molecule has 0 bridgehead atoms. The predicted molar refractivity (Wildman–Crippen MR) is 104 cm³/mol. The number of fused-ring (bicyclic) bond motifs is 1. The minimum atomic E-state index is -0.537. The van der Waals surface area contributed by atoms with Gasteiger partial charge in [-0.2, -0.15) is 0 Å². The highest BCUT2D eigenvalue weighted by Crippen LogP contribution is 2.22. The number of benzene rings is 1. The van der Waals surface area contributed by atoms with E-state index in [0.717, 1.165) is 18.7 Å². The molecule has 27 heavy (non-hydrogen) atoms. The van der Waals surface area contributed by atoms with Crippen molar-refractivity contribution < 1.29 is 14.7 Å². The SMILES string of the molecule is Cc1ccc(CN2CCN3C(=O)[C@H](Cc4ccc(O)cc4)NC(=O)[C@H]3C2)s1. The van der Waals surface area contributed by atoms with E-state index in [-0.39, 0.29) is 17.6 Å². The van der Waals surface area contributed by atoms with E-state index >= 15 is 0 Å². The number of hydrogen-bond donors (Lipinski definition) is 2. The Morgan fingerprint density at radius 2 is 1.93 bits per heavy atom. The van der Waals surface area contributed by atoms with Gasteiger partial charge < -0.3 is 15.3 Å². The number of piperazine rings is 2. The highest BCUT2D eigenvalue weighted by Gasteiger charge is 2.43. The van der Waals surface area contributed by atoms with Gasteiger partial charge in [0.2, 0.25) is 11.8 Å². The molecule has 0 spiro atoms. The number of carbonyl (C=O) groups is 2. The fraction of sp³-hybridized carbons (Fsp3) is 0.400. The second kappa shape index (κ2) is 7.32. The molecule has 0 unspecified atom stereocenters. The lowest BCUT2D eigenvalue weighted by molar-refractivity contribution is -0.153. The van der Waals surface area contributed by atoms with Gasteiger partial charge in [0.15, 0.2) is 0 Å². The molecule has 4 rings (SSSR count). The van der Waals surface area contributed by atoms with Crippen LogP contribution in [0.2, 0.25) is 0 Å². The Morgan fingerprint density at radius 1 is 1.15 bits per heavy atom. The molecule has 2 aliphatic heterocycles. The average molecular weight is 385 g/mol. The number of nitrogens with zero attached hydrogens (tertiary/aromatic N) is 2. The number of hydrogen-bond acceptors (Lipinski definition) is 5. The van der Waals surface area contributed by atoms with E-state index in [0.29, 0.717) is 19.5 Å². The van der Waals surface area contributed by atoms with Crippen molar-refractivity contribution in [1.29, 1.82) is 0 Å². The third-order valence-corrected chi connectivity index (χ3v) is 6.20. The molecule has 2 atom stereocenters. The summed E-state index contributed by atoms with van der Waals surface area (Å²) in [6.45, 7) is 4.83. The Bertz CT molecular complexity index is 848. The Labute approximate surface area is 162 Å². The van der Waals surface area contributed by atoms with Crippen LogP contribution in [0.5, 0.6) is 5.75 Å². The Hall–Kier alpha value is -2.38. The number of aryl methyl sites for hydroxylation is 1. The first-order chi connectivity index (χ1) is 13.0. The second-order valence-electron chi connectivity index (χ2n) is 7.23. The summed E-state index contributed by atoms with van der Waals surface area (Å²) in [5, 5.41) is 12.3. The van der Waals surface area contributed by atoms with Crippen LogP contribution in [0.25, 0.3) is 0 Å². The predicted octanol–water partition coefficient (Wildman–Crippen LogP) is 1.52. The molecule has 2 amide bonds. The van der Waals surface area contributed by atoms with E-state index in [1.807, 2.05) is 0 Å². The number of amides is 2. The molecule has 7 heteroatoms. The zero-order valence-corrected chi connectivity index (χ0v) is 16.0. The largest absolute Gasteiger partial charge is 0.508 e. The van der Waals surface area contributed by atoms with Crippen molar-refractivity contribution in [3.05, 3.63) is 51.7 Å². The van der Waals surface area contributed by atoms with Crippen LogP contribution in [0.1, 0.15) is 15.3 Å². The first-order valence-corrected chi connectivity index (χ1v) is 9.97. The maximum Gasteiger partial charge on any atom is 0.246 e. The van der Waals surface area contributed by atoms with Gasteiger partial charge in [-0.05, 0) is 36.8 Å². The Morgan fingerprint density at radius 3 is 2.63 bits per heavy atom. The van der Waals surface area contributed by atoms with E-state index in [1.54, 1.807) is 40.5 Å². The minimum Gasteiger partial charge on any atom is -0.508 e. The van der Waals surface area contributed by atoms with Crippen molar-refractivity contribution in [3.63, 3.8) is 0 Å². The summed E-state index contributed by atoms with van der Waals surface area (Å²) in [7, 11) is 0. The Kier molecular flexibility index (Phi) is 4.88. The average Bonchev–Trinajstić information content (AvgIpc) is 3.06. The van der Waals surface area contributed by atoms with Gasteiger partial charge in [0.1, 0.15) is 17.8 Å².